The van der Waals surface area contributed by atoms with Crippen LogP contribution >= 0.6 is 0 Å². The molecule has 262 valence electrons. The number of furan rings is 1. The van der Waals surface area contributed by atoms with E-state index in [1.54, 1.807) is 0 Å². The first-order valence-electron chi connectivity index (χ1n) is 19.6. The minimum atomic E-state index is 0.597. The number of hydrogen-bond acceptors (Lipinski definition) is 4. The van der Waals surface area contributed by atoms with Gasteiger partial charge in [0.15, 0.2) is 23.1 Å². The summed E-state index contributed by atoms with van der Waals surface area (Å²) in [4.78, 5) is 14.9. The van der Waals surface area contributed by atoms with Gasteiger partial charge >= 0.3 is 0 Å². The maximum absolute atomic E-state index is 7.04. The number of aromatic nitrogens is 4. The normalized spacial score (nSPS) is 11.6. The molecular formula is C45H35B7N4O. The molecule has 12 heteroatoms. The van der Waals surface area contributed by atoms with Crippen LogP contribution in [0.2, 0.25) is 0 Å². The molecule has 0 amide bonds. The molecule has 0 aliphatic heterocycles. The van der Waals surface area contributed by atoms with Crippen LogP contribution in [0, 0.1) is 0 Å². The largest absolute Gasteiger partial charge is 0.454 e. The summed E-state index contributed by atoms with van der Waals surface area (Å²) < 4.78 is 9.54. The van der Waals surface area contributed by atoms with Crippen molar-refractivity contribution in [2.75, 3.05) is 0 Å². The van der Waals surface area contributed by atoms with E-state index in [0.717, 1.165) is 44.3 Å². The average Bonchev–Trinajstić information content (AvgIpc) is 3.81. The zero-order valence-electron chi connectivity index (χ0n) is 33.3. The Morgan fingerprint density at radius 2 is 0.912 bits per heavy atom. The topological polar surface area (TPSA) is 56.7 Å². The fourth-order valence-electron chi connectivity index (χ4n) is 8.90. The molecule has 0 saturated heterocycles. The monoisotopic (exact) mass is 724 g/mol. The fraction of sp³-hybridized carbons (Fsp3) is 0. The van der Waals surface area contributed by atoms with E-state index in [1.165, 1.54) is 71.2 Å². The first-order valence-corrected chi connectivity index (χ1v) is 19.6. The molecule has 10 rings (SSSR count). The summed E-state index contributed by atoms with van der Waals surface area (Å²) in [6.45, 7) is 0. The summed E-state index contributed by atoms with van der Waals surface area (Å²) in [6, 6.07) is 44.0. The Morgan fingerprint density at radius 1 is 0.404 bits per heavy atom. The van der Waals surface area contributed by atoms with Crippen LogP contribution in [0.15, 0.2) is 132 Å². The van der Waals surface area contributed by atoms with Crippen molar-refractivity contribution in [2.45, 2.75) is 0 Å². The summed E-state index contributed by atoms with van der Waals surface area (Å²) in [5, 5.41) is 4.72. The highest BCUT2D eigenvalue weighted by Crippen LogP contribution is 2.40. The van der Waals surface area contributed by atoms with Crippen molar-refractivity contribution in [3.05, 3.63) is 127 Å². The molecule has 10 aromatic rings. The molecule has 0 unspecified atom stereocenters. The highest BCUT2D eigenvalue weighted by molar-refractivity contribution is 6.69. The molecule has 5 nitrogen and oxygen atoms in total. The molecule has 0 aliphatic rings. The van der Waals surface area contributed by atoms with Gasteiger partial charge in [-0.1, -0.05) is 142 Å². The number of hydrogen-bond donors (Lipinski definition) is 0. The number of nitrogens with zero attached hydrogens (tertiary/aromatic N) is 4. The zero-order chi connectivity index (χ0) is 39.1. The molecule has 0 aliphatic carbocycles. The Labute approximate surface area is 337 Å². The Hall–Kier alpha value is -6.40. The second kappa shape index (κ2) is 13.4. The quantitative estimate of drug-likeness (QED) is 0.222. The van der Waals surface area contributed by atoms with Crippen LogP contribution in [0.3, 0.4) is 0 Å². The van der Waals surface area contributed by atoms with E-state index in [0.29, 0.717) is 17.5 Å². The second-order valence-electron chi connectivity index (χ2n) is 15.4. The summed E-state index contributed by atoms with van der Waals surface area (Å²) in [5.74, 6) is 1.86. The van der Waals surface area contributed by atoms with Gasteiger partial charge in [0, 0.05) is 49.3 Å². The van der Waals surface area contributed by atoms with Crippen molar-refractivity contribution >= 4 is 137 Å². The van der Waals surface area contributed by atoms with Crippen molar-refractivity contribution in [1.82, 2.24) is 19.5 Å². The standard InChI is InChI=1S/C45H35B7N4O/c46-33-30(22-11-4-1-5-12-22)31-32-34(47)35(48)37(50)39(52)41(32)56(40(31)38(51)36(33)49)28-18-10-17-27-26-20-19-25(21-29(26)57-42(27)28)45-54-43(23-13-6-2-7-14-23)53-44(55-45)24-15-8-3-9-16-24/h1-21H,46-52H2. The van der Waals surface area contributed by atoms with E-state index in [-0.39, 0.29) is 0 Å². The molecule has 0 N–H and O–H groups in total. The summed E-state index contributed by atoms with van der Waals surface area (Å²) in [7, 11) is 15.9. The van der Waals surface area contributed by atoms with Gasteiger partial charge in [-0.05, 0) is 29.3 Å². The van der Waals surface area contributed by atoms with Crippen LogP contribution in [-0.4, -0.2) is 74.4 Å². The molecule has 3 aromatic heterocycles. The molecule has 0 spiro atoms. The minimum Gasteiger partial charge on any atom is -0.454 e. The van der Waals surface area contributed by atoms with E-state index in [2.05, 4.69) is 126 Å². The minimum absolute atomic E-state index is 0.597. The van der Waals surface area contributed by atoms with Crippen LogP contribution in [-0.2, 0) is 0 Å². The van der Waals surface area contributed by atoms with Gasteiger partial charge in [0.1, 0.15) is 60.5 Å². The zero-order valence-corrected chi connectivity index (χ0v) is 33.3. The van der Waals surface area contributed by atoms with Crippen molar-refractivity contribution in [1.29, 1.82) is 0 Å². The molecule has 7 aromatic carbocycles. The molecule has 0 fully saturated rings. The van der Waals surface area contributed by atoms with Crippen LogP contribution in [0.4, 0.5) is 0 Å². The first kappa shape index (κ1) is 35.0. The highest BCUT2D eigenvalue weighted by atomic mass is 16.3. The van der Waals surface area contributed by atoms with Gasteiger partial charge in [0.25, 0.3) is 0 Å². The van der Waals surface area contributed by atoms with Gasteiger partial charge in [-0.15, -0.1) is 5.46 Å². The van der Waals surface area contributed by atoms with Crippen LogP contribution in [0.25, 0.3) is 94.7 Å². The number of rotatable bonds is 5. The lowest BCUT2D eigenvalue weighted by molar-refractivity contribution is 0.666. The Morgan fingerprint density at radius 3 is 1.51 bits per heavy atom. The van der Waals surface area contributed by atoms with E-state index < -0.39 is 0 Å². The van der Waals surface area contributed by atoms with Crippen LogP contribution in [0.1, 0.15) is 0 Å². The molecule has 0 saturated carbocycles. The van der Waals surface area contributed by atoms with Gasteiger partial charge in [-0.25, -0.2) is 15.0 Å². The number of para-hydroxylation sites is 1. The lowest BCUT2D eigenvalue weighted by Crippen LogP contribution is -2.48. The molecule has 0 atom stereocenters. The molecule has 57 heavy (non-hydrogen) atoms. The average molecular weight is 723 g/mol. The molecular weight excluding hydrogens is 688 g/mol. The predicted octanol–water partition coefficient (Wildman–Crippen LogP) is -0.655. The van der Waals surface area contributed by atoms with Crippen LogP contribution < -0.4 is 38.2 Å². The highest BCUT2D eigenvalue weighted by Gasteiger charge is 2.27. The smallest absolute Gasteiger partial charge is 0.164 e. The first-order chi connectivity index (χ1) is 27.7. The Bertz CT molecular complexity index is 3200. The second-order valence-corrected chi connectivity index (χ2v) is 15.4. The van der Waals surface area contributed by atoms with Crippen LogP contribution in [0.5, 0.6) is 0 Å². The summed E-state index contributed by atoms with van der Waals surface area (Å²) in [6.07, 6.45) is 0. The van der Waals surface area contributed by atoms with E-state index in [1.807, 2.05) is 60.7 Å². The SMILES string of the molecule is Bc1c(B)c(B)c2c(c1B)c1c(-c3ccccc3)c(B)c(B)c(B)c1n2-c1cccc2c1oc1cc(-c3nc(-c4ccccc4)nc(-c4ccccc4)n3)ccc12. The van der Waals surface area contributed by atoms with Gasteiger partial charge in [-0.2, -0.15) is 0 Å². The summed E-state index contributed by atoms with van der Waals surface area (Å²) in [5.41, 5.74) is 19.6. The van der Waals surface area contributed by atoms with Gasteiger partial charge in [-0.3, -0.25) is 0 Å². The fourth-order valence-corrected chi connectivity index (χ4v) is 8.90. The van der Waals surface area contributed by atoms with Crippen molar-refractivity contribution in [3.63, 3.8) is 0 Å². The van der Waals surface area contributed by atoms with Crippen molar-refractivity contribution in [2.24, 2.45) is 0 Å². The Balaban J connectivity index is 1.26. The Kier molecular flexibility index (Phi) is 8.22. The van der Waals surface area contributed by atoms with E-state index in [4.69, 9.17) is 19.4 Å². The van der Waals surface area contributed by atoms with Gasteiger partial charge < -0.3 is 8.98 Å². The molecule has 0 radical (unpaired) electrons. The summed E-state index contributed by atoms with van der Waals surface area (Å²) >= 11 is 0. The number of fused-ring (bicyclic) bond motifs is 6. The third-order valence-corrected chi connectivity index (χ3v) is 12.4. The van der Waals surface area contributed by atoms with Crippen molar-refractivity contribution < 1.29 is 4.42 Å². The third kappa shape index (κ3) is 5.38. The maximum atomic E-state index is 7.04. The lowest BCUT2D eigenvalue weighted by atomic mass is 9.64. The number of benzene rings is 7. The van der Waals surface area contributed by atoms with E-state index >= 15 is 0 Å². The van der Waals surface area contributed by atoms with E-state index in [9.17, 15) is 0 Å². The van der Waals surface area contributed by atoms with Gasteiger partial charge in [0.05, 0.1) is 5.69 Å². The predicted molar refractivity (Wildman–Crippen MR) is 260 cm³/mol. The third-order valence-electron chi connectivity index (χ3n) is 12.4. The maximum Gasteiger partial charge on any atom is 0.164 e. The van der Waals surface area contributed by atoms with Crippen molar-refractivity contribution in [3.8, 4) is 51.0 Å². The molecule has 0 bridgehead atoms. The molecule has 3 heterocycles. The lowest BCUT2D eigenvalue weighted by Gasteiger charge is -2.18. The van der Waals surface area contributed by atoms with Gasteiger partial charge in [0.2, 0.25) is 0 Å².